The molecule has 1 fully saturated rings. The van der Waals surface area contributed by atoms with Gasteiger partial charge in [-0.3, -0.25) is 14.8 Å². The number of likely N-dealkylation sites (N-methyl/N-ethyl adjacent to an activating group) is 1. The van der Waals surface area contributed by atoms with E-state index in [4.69, 9.17) is 4.74 Å². The Morgan fingerprint density at radius 2 is 2.26 bits per heavy atom. The highest BCUT2D eigenvalue weighted by Crippen LogP contribution is 2.25. The van der Waals surface area contributed by atoms with Gasteiger partial charge < -0.3 is 10.1 Å². The molecule has 1 aliphatic rings. The molecule has 1 aromatic carbocycles. The molecule has 6 heteroatoms. The van der Waals surface area contributed by atoms with Gasteiger partial charge in [-0.1, -0.05) is 37.3 Å². The maximum Gasteiger partial charge on any atom is 0.226 e. The van der Waals surface area contributed by atoms with E-state index in [-0.39, 0.29) is 11.9 Å². The van der Waals surface area contributed by atoms with Crippen molar-refractivity contribution in [3.63, 3.8) is 0 Å². The minimum atomic E-state index is -0.0162. The van der Waals surface area contributed by atoms with Crippen molar-refractivity contribution in [2.24, 2.45) is 0 Å². The first-order valence-electron chi connectivity index (χ1n) is 7.98. The first kappa shape index (κ1) is 15.7. The molecular weight excluding hydrogens is 292 g/mol. The number of hydrogen-bond acceptors (Lipinski definition) is 4. The Morgan fingerprint density at radius 3 is 3.04 bits per heavy atom. The molecule has 1 aromatic heterocycles. The van der Waals surface area contributed by atoms with Crippen LogP contribution in [0.3, 0.4) is 0 Å². The van der Waals surface area contributed by atoms with Gasteiger partial charge in [-0.2, -0.15) is 5.10 Å². The predicted molar refractivity (Wildman–Crippen MR) is 89.1 cm³/mol. The number of morpholine rings is 1. The summed E-state index contributed by atoms with van der Waals surface area (Å²) < 4.78 is 5.50. The molecule has 2 heterocycles. The first-order chi connectivity index (χ1) is 11.3. The SMILES string of the molecule is CCN1CCOCC1CC(=O)Nc1cn[nH]c1-c1ccccc1. The number of benzene rings is 1. The smallest absolute Gasteiger partial charge is 0.226 e. The maximum absolute atomic E-state index is 12.4. The second kappa shape index (κ2) is 7.39. The van der Waals surface area contributed by atoms with Crippen LogP contribution in [0.25, 0.3) is 11.3 Å². The fourth-order valence-electron chi connectivity index (χ4n) is 2.91. The second-order valence-corrected chi connectivity index (χ2v) is 5.63. The van der Waals surface area contributed by atoms with Gasteiger partial charge in [-0.25, -0.2) is 0 Å². The number of aromatic nitrogens is 2. The summed E-state index contributed by atoms with van der Waals surface area (Å²) in [6.07, 6.45) is 2.07. The second-order valence-electron chi connectivity index (χ2n) is 5.63. The van der Waals surface area contributed by atoms with Crippen LogP contribution in [0.1, 0.15) is 13.3 Å². The lowest BCUT2D eigenvalue weighted by atomic mass is 10.1. The number of rotatable bonds is 5. The van der Waals surface area contributed by atoms with E-state index in [1.54, 1.807) is 6.20 Å². The summed E-state index contributed by atoms with van der Waals surface area (Å²) in [6.45, 7) is 5.28. The highest BCUT2D eigenvalue weighted by atomic mass is 16.5. The molecule has 0 spiro atoms. The van der Waals surface area contributed by atoms with Crippen molar-refractivity contribution in [1.82, 2.24) is 15.1 Å². The van der Waals surface area contributed by atoms with E-state index in [0.29, 0.717) is 18.7 Å². The number of aromatic amines is 1. The minimum Gasteiger partial charge on any atom is -0.378 e. The molecule has 23 heavy (non-hydrogen) atoms. The minimum absolute atomic E-state index is 0.0162. The lowest BCUT2D eigenvalue weighted by molar-refractivity contribution is -0.119. The van der Waals surface area contributed by atoms with Crippen molar-refractivity contribution >= 4 is 11.6 Å². The molecular formula is C17H22N4O2. The number of H-pyrrole nitrogens is 1. The third-order valence-corrected chi connectivity index (χ3v) is 4.15. The van der Waals surface area contributed by atoms with Crippen LogP contribution < -0.4 is 5.32 Å². The van der Waals surface area contributed by atoms with Gasteiger partial charge in [0.1, 0.15) is 0 Å². The predicted octanol–water partition coefficient (Wildman–Crippen LogP) is 2.13. The fraction of sp³-hybridized carbons (Fsp3) is 0.412. The van der Waals surface area contributed by atoms with Crippen molar-refractivity contribution in [3.8, 4) is 11.3 Å². The summed E-state index contributed by atoms with van der Waals surface area (Å²) in [5.41, 5.74) is 2.53. The molecule has 1 saturated heterocycles. The third-order valence-electron chi connectivity index (χ3n) is 4.15. The van der Waals surface area contributed by atoms with E-state index in [2.05, 4.69) is 27.3 Å². The number of ether oxygens (including phenoxy) is 1. The Balaban J connectivity index is 1.66. The summed E-state index contributed by atoms with van der Waals surface area (Å²) in [4.78, 5) is 14.7. The number of carbonyl (C=O) groups is 1. The summed E-state index contributed by atoms with van der Waals surface area (Å²) in [5.74, 6) is -0.0162. The molecule has 122 valence electrons. The molecule has 2 N–H and O–H groups in total. The Morgan fingerprint density at radius 1 is 1.43 bits per heavy atom. The molecule has 3 rings (SSSR count). The van der Waals surface area contributed by atoms with E-state index in [0.717, 1.165) is 31.0 Å². The first-order valence-corrected chi connectivity index (χ1v) is 7.98. The lowest BCUT2D eigenvalue weighted by Crippen LogP contribution is -2.46. The number of anilines is 1. The van der Waals surface area contributed by atoms with Crippen LogP contribution in [0.2, 0.25) is 0 Å². The van der Waals surface area contributed by atoms with Gasteiger partial charge in [0.2, 0.25) is 5.91 Å². The van der Waals surface area contributed by atoms with E-state index in [1.807, 2.05) is 30.3 Å². The topological polar surface area (TPSA) is 70.2 Å². The summed E-state index contributed by atoms with van der Waals surface area (Å²) in [5, 5.41) is 9.97. The maximum atomic E-state index is 12.4. The monoisotopic (exact) mass is 314 g/mol. The molecule has 1 amide bonds. The number of hydrogen-bond donors (Lipinski definition) is 2. The Hall–Kier alpha value is -2.18. The van der Waals surface area contributed by atoms with Crippen LogP contribution in [0.5, 0.6) is 0 Å². The van der Waals surface area contributed by atoms with Crippen molar-refractivity contribution < 1.29 is 9.53 Å². The summed E-state index contributed by atoms with van der Waals surface area (Å²) in [7, 11) is 0. The lowest BCUT2D eigenvalue weighted by Gasteiger charge is -2.34. The Kier molecular flexibility index (Phi) is 5.05. The van der Waals surface area contributed by atoms with E-state index < -0.39 is 0 Å². The van der Waals surface area contributed by atoms with Crippen LogP contribution in [0.4, 0.5) is 5.69 Å². The number of nitrogens with one attached hydrogen (secondary N) is 2. The van der Waals surface area contributed by atoms with Gasteiger partial charge in [0.25, 0.3) is 0 Å². The zero-order valence-electron chi connectivity index (χ0n) is 13.3. The molecule has 1 aliphatic heterocycles. The van der Waals surface area contributed by atoms with Crippen molar-refractivity contribution in [1.29, 1.82) is 0 Å². The molecule has 1 atom stereocenters. The molecule has 0 radical (unpaired) electrons. The van der Waals surface area contributed by atoms with Gasteiger partial charge in [-0.15, -0.1) is 0 Å². The van der Waals surface area contributed by atoms with Crippen molar-refractivity contribution in [2.75, 3.05) is 31.6 Å². The number of nitrogens with zero attached hydrogens (tertiary/aromatic N) is 2. The normalized spacial score (nSPS) is 18.7. The molecule has 1 unspecified atom stereocenters. The summed E-state index contributed by atoms with van der Waals surface area (Å²) >= 11 is 0. The zero-order chi connectivity index (χ0) is 16.1. The number of amides is 1. The van der Waals surface area contributed by atoms with Gasteiger partial charge in [0.05, 0.1) is 30.8 Å². The highest BCUT2D eigenvalue weighted by molar-refractivity contribution is 5.94. The van der Waals surface area contributed by atoms with Crippen LogP contribution in [-0.2, 0) is 9.53 Å². The van der Waals surface area contributed by atoms with Crippen LogP contribution >= 0.6 is 0 Å². The van der Waals surface area contributed by atoms with Crippen molar-refractivity contribution in [3.05, 3.63) is 36.5 Å². The highest BCUT2D eigenvalue weighted by Gasteiger charge is 2.24. The summed E-state index contributed by atoms with van der Waals surface area (Å²) in [6, 6.07) is 9.98. The molecule has 2 aromatic rings. The average molecular weight is 314 g/mol. The molecule has 0 aliphatic carbocycles. The van der Waals surface area contributed by atoms with Gasteiger partial charge >= 0.3 is 0 Å². The third kappa shape index (κ3) is 3.78. The zero-order valence-corrected chi connectivity index (χ0v) is 13.3. The quantitative estimate of drug-likeness (QED) is 0.887. The molecule has 0 bridgehead atoms. The van der Waals surface area contributed by atoms with E-state index in [1.165, 1.54) is 0 Å². The van der Waals surface area contributed by atoms with E-state index in [9.17, 15) is 4.79 Å². The van der Waals surface area contributed by atoms with Gasteiger partial charge in [-0.05, 0) is 6.54 Å². The molecule has 6 nitrogen and oxygen atoms in total. The van der Waals surface area contributed by atoms with Crippen LogP contribution in [0, 0.1) is 0 Å². The van der Waals surface area contributed by atoms with Crippen molar-refractivity contribution in [2.45, 2.75) is 19.4 Å². The van der Waals surface area contributed by atoms with Crippen LogP contribution in [-0.4, -0.2) is 53.3 Å². The van der Waals surface area contributed by atoms with Crippen LogP contribution in [0.15, 0.2) is 36.5 Å². The fourth-order valence-corrected chi connectivity index (χ4v) is 2.91. The molecule has 0 saturated carbocycles. The van der Waals surface area contributed by atoms with Gasteiger partial charge in [0, 0.05) is 24.6 Å². The van der Waals surface area contributed by atoms with E-state index >= 15 is 0 Å². The standard InChI is InChI=1S/C17H22N4O2/c1-2-21-8-9-23-12-14(21)10-16(22)19-15-11-18-20-17(15)13-6-4-3-5-7-13/h3-7,11,14H,2,8-10,12H2,1H3,(H,18,20)(H,19,22). The largest absolute Gasteiger partial charge is 0.378 e. The Bertz CT molecular complexity index is 641. The Labute approximate surface area is 135 Å². The average Bonchev–Trinajstić information content (AvgIpc) is 3.04. The number of carbonyl (C=O) groups excluding carboxylic acids is 1. The van der Waals surface area contributed by atoms with Gasteiger partial charge in [0.15, 0.2) is 0 Å².